The zero-order chi connectivity index (χ0) is 13.9. The van der Waals surface area contributed by atoms with E-state index in [-0.39, 0.29) is 12.1 Å². The van der Waals surface area contributed by atoms with Gasteiger partial charge in [-0.25, -0.2) is 4.79 Å². The highest BCUT2D eigenvalue weighted by Crippen LogP contribution is 2.31. The SMILES string of the molecule is C=CC1CN(C2CCCCC2)C(=O)N1c1ccccc1. The maximum atomic E-state index is 12.8. The summed E-state index contributed by atoms with van der Waals surface area (Å²) in [5.74, 6) is 0. The number of carbonyl (C=O) groups is 1. The second kappa shape index (κ2) is 5.70. The van der Waals surface area contributed by atoms with E-state index in [0.717, 1.165) is 25.1 Å². The predicted octanol–water partition coefficient (Wildman–Crippen LogP) is 3.82. The van der Waals surface area contributed by atoms with Crippen LogP contribution in [0.3, 0.4) is 0 Å². The highest BCUT2D eigenvalue weighted by molar-refractivity contribution is 5.95. The zero-order valence-corrected chi connectivity index (χ0v) is 11.9. The van der Waals surface area contributed by atoms with Crippen LogP contribution in [0.1, 0.15) is 32.1 Å². The third-order valence-electron chi connectivity index (χ3n) is 4.49. The molecule has 0 N–H and O–H groups in total. The van der Waals surface area contributed by atoms with Crippen molar-refractivity contribution in [2.75, 3.05) is 11.4 Å². The van der Waals surface area contributed by atoms with Gasteiger partial charge in [0, 0.05) is 18.3 Å². The molecule has 3 rings (SSSR count). The van der Waals surface area contributed by atoms with Gasteiger partial charge in [0.15, 0.2) is 0 Å². The van der Waals surface area contributed by atoms with E-state index in [1.54, 1.807) is 0 Å². The van der Waals surface area contributed by atoms with Crippen LogP contribution in [0.25, 0.3) is 0 Å². The first-order chi connectivity index (χ1) is 9.81. The zero-order valence-electron chi connectivity index (χ0n) is 11.9. The van der Waals surface area contributed by atoms with Gasteiger partial charge in [0.2, 0.25) is 0 Å². The predicted molar refractivity (Wildman–Crippen MR) is 81.9 cm³/mol. The largest absolute Gasteiger partial charge is 0.325 e. The van der Waals surface area contributed by atoms with Gasteiger partial charge in [-0.3, -0.25) is 4.90 Å². The fourth-order valence-corrected chi connectivity index (χ4v) is 3.41. The topological polar surface area (TPSA) is 23.6 Å². The standard InChI is InChI=1S/C17H22N2O/c1-2-14-13-18(15-9-5-3-6-10-15)17(20)19(14)16-11-7-4-8-12-16/h2,4,7-8,11-12,14-15H,1,3,5-6,9-10,13H2. The summed E-state index contributed by atoms with van der Waals surface area (Å²) in [6, 6.07) is 10.6. The van der Waals surface area contributed by atoms with Gasteiger partial charge in [-0.1, -0.05) is 43.5 Å². The highest BCUT2D eigenvalue weighted by Gasteiger charge is 2.40. The highest BCUT2D eigenvalue weighted by atomic mass is 16.2. The number of carbonyl (C=O) groups excluding carboxylic acids is 1. The van der Waals surface area contributed by atoms with E-state index in [9.17, 15) is 4.79 Å². The van der Waals surface area contributed by atoms with Gasteiger partial charge in [0.1, 0.15) is 0 Å². The van der Waals surface area contributed by atoms with Crippen LogP contribution in [0, 0.1) is 0 Å². The Hall–Kier alpha value is -1.77. The molecule has 1 atom stereocenters. The summed E-state index contributed by atoms with van der Waals surface area (Å²) in [6.07, 6.45) is 8.01. The third kappa shape index (κ3) is 2.33. The lowest BCUT2D eigenvalue weighted by Gasteiger charge is -2.30. The Morgan fingerprint density at radius 1 is 1.10 bits per heavy atom. The lowest BCUT2D eigenvalue weighted by molar-refractivity contribution is 0.181. The third-order valence-corrected chi connectivity index (χ3v) is 4.49. The summed E-state index contributed by atoms with van der Waals surface area (Å²) in [4.78, 5) is 16.7. The average molecular weight is 270 g/mol. The van der Waals surface area contributed by atoms with E-state index in [1.807, 2.05) is 41.3 Å². The summed E-state index contributed by atoms with van der Waals surface area (Å²) >= 11 is 0. The smallest absolute Gasteiger partial charge is 0.319 e. The molecule has 20 heavy (non-hydrogen) atoms. The van der Waals surface area contributed by atoms with E-state index >= 15 is 0 Å². The van der Waals surface area contributed by atoms with E-state index in [1.165, 1.54) is 19.3 Å². The van der Waals surface area contributed by atoms with Gasteiger partial charge >= 0.3 is 6.03 Å². The molecule has 1 aliphatic carbocycles. The van der Waals surface area contributed by atoms with E-state index in [0.29, 0.717) is 6.04 Å². The van der Waals surface area contributed by atoms with Gasteiger partial charge in [-0.05, 0) is 25.0 Å². The summed E-state index contributed by atoms with van der Waals surface area (Å²) in [5, 5.41) is 0. The second-order valence-electron chi connectivity index (χ2n) is 5.74. The number of hydrogen-bond acceptors (Lipinski definition) is 1. The lowest BCUT2D eigenvalue weighted by Crippen LogP contribution is -2.40. The van der Waals surface area contributed by atoms with Crippen LogP contribution < -0.4 is 4.90 Å². The molecule has 0 bridgehead atoms. The Kier molecular flexibility index (Phi) is 3.77. The molecule has 1 heterocycles. The molecule has 1 aromatic carbocycles. The average Bonchev–Trinajstić information content (AvgIpc) is 2.86. The molecule has 3 heteroatoms. The van der Waals surface area contributed by atoms with Crippen LogP contribution in [0.5, 0.6) is 0 Å². The van der Waals surface area contributed by atoms with Crippen LogP contribution in [0.15, 0.2) is 43.0 Å². The minimum atomic E-state index is 0.0897. The van der Waals surface area contributed by atoms with Crippen molar-refractivity contribution in [2.24, 2.45) is 0 Å². The van der Waals surface area contributed by atoms with Crippen LogP contribution in [0.2, 0.25) is 0 Å². The first-order valence-corrected chi connectivity index (χ1v) is 7.58. The summed E-state index contributed by atoms with van der Waals surface area (Å²) in [5.41, 5.74) is 0.973. The molecular formula is C17H22N2O. The second-order valence-corrected chi connectivity index (χ2v) is 5.74. The molecule has 0 spiro atoms. The molecule has 0 radical (unpaired) electrons. The molecule has 106 valence electrons. The molecule has 1 saturated carbocycles. The van der Waals surface area contributed by atoms with Crippen LogP contribution in [0.4, 0.5) is 10.5 Å². The molecule has 1 aliphatic heterocycles. The first-order valence-electron chi connectivity index (χ1n) is 7.58. The number of rotatable bonds is 3. The summed E-state index contributed by atoms with van der Waals surface area (Å²) in [7, 11) is 0. The minimum Gasteiger partial charge on any atom is -0.319 e. The molecule has 2 fully saturated rings. The Balaban J connectivity index is 1.83. The number of para-hydroxylation sites is 1. The number of nitrogens with zero attached hydrogens (tertiary/aromatic N) is 2. The quantitative estimate of drug-likeness (QED) is 0.766. The Morgan fingerprint density at radius 3 is 2.45 bits per heavy atom. The fraction of sp³-hybridized carbons (Fsp3) is 0.471. The number of hydrogen-bond donors (Lipinski definition) is 0. The molecule has 0 aromatic heterocycles. The summed E-state index contributed by atoms with van der Waals surface area (Å²) in [6.45, 7) is 4.69. The molecule has 1 unspecified atom stereocenters. The van der Waals surface area contributed by atoms with Gasteiger partial charge < -0.3 is 4.90 Å². The summed E-state index contributed by atoms with van der Waals surface area (Å²) < 4.78 is 0. The van der Waals surface area contributed by atoms with Crippen molar-refractivity contribution in [3.8, 4) is 0 Å². The molecule has 1 saturated heterocycles. The molecule has 1 aromatic rings. The van der Waals surface area contributed by atoms with Crippen molar-refractivity contribution in [1.29, 1.82) is 0 Å². The first kappa shape index (κ1) is 13.2. The number of urea groups is 1. The molecular weight excluding hydrogens is 248 g/mol. The van der Waals surface area contributed by atoms with Gasteiger partial charge in [-0.2, -0.15) is 0 Å². The van der Waals surface area contributed by atoms with Crippen LogP contribution in [-0.2, 0) is 0 Å². The monoisotopic (exact) mass is 270 g/mol. The maximum absolute atomic E-state index is 12.8. The van der Waals surface area contributed by atoms with Crippen molar-refractivity contribution in [1.82, 2.24) is 4.90 Å². The molecule has 2 amide bonds. The van der Waals surface area contributed by atoms with Gasteiger partial charge in [0.25, 0.3) is 0 Å². The van der Waals surface area contributed by atoms with Crippen molar-refractivity contribution < 1.29 is 4.79 Å². The van der Waals surface area contributed by atoms with Crippen molar-refractivity contribution in [3.05, 3.63) is 43.0 Å². The fourth-order valence-electron chi connectivity index (χ4n) is 3.41. The lowest BCUT2D eigenvalue weighted by atomic mass is 9.94. The maximum Gasteiger partial charge on any atom is 0.325 e. The number of benzene rings is 1. The Labute approximate surface area is 120 Å². The van der Waals surface area contributed by atoms with Crippen LogP contribution >= 0.6 is 0 Å². The van der Waals surface area contributed by atoms with E-state index in [4.69, 9.17) is 0 Å². The van der Waals surface area contributed by atoms with Gasteiger partial charge in [0.05, 0.1) is 6.04 Å². The van der Waals surface area contributed by atoms with Crippen molar-refractivity contribution in [2.45, 2.75) is 44.2 Å². The Morgan fingerprint density at radius 2 is 1.80 bits per heavy atom. The normalized spacial score (nSPS) is 24.2. The number of anilines is 1. The van der Waals surface area contributed by atoms with Crippen molar-refractivity contribution >= 4 is 11.7 Å². The minimum absolute atomic E-state index is 0.0897. The van der Waals surface area contributed by atoms with E-state index < -0.39 is 0 Å². The molecule has 3 nitrogen and oxygen atoms in total. The molecule has 2 aliphatic rings. The van der Waals surface area contributed by atoms with Gasteiger partial charge in [-0.15, -0.1) is 6.58 Å². The van der Waals surface area contributed by atoms with Crippen LogP contribution in [-0.4, -0.2) is 29.6 Å². The Bertz CT molecular complexity index is 479. The number of amides is 2. The van der Waals surface area contributed by atoms with E-state index in [2.05, 4.69) is 11.5 Å². The van der Waals surface area contributed by atoms with Crippen molar-refractivity contribution in [3.63, 3.8) is 0 Å².